The van der Waals surface area contributed by atoms with Crippen molar-refractivity contribution in [2.24, 2.45) is 0 Å². The Bertz CT molecular complexity index is 391. The summed E-state index contributed by atoms with van der Waals surface area (Å²) in [6.45, 7) is 3.58. The second-order valence-corrected chi connectivity index (χ2v) is 5.04. The summed E-state index contributed by atoms with van der Waals surface area (Å²) < 4.78 is 14.3. The fraction of sp³-hybridized carbons (Fsp3) is 0.643. The standard InChI is InChI=1S/C14H22FN3/c1-3-4-9-18(2)14-13(15)11(7-8-16-14)10-17-12-5-6-12/h7-8,12,17H,3-6,9-10H2,1-2H3. The lowest BCUT2D eigenvalue weighted by Gasteiger charge is -2.19. The van der Waals surface area contributed by atoms with Crippen LogP contribution in [0.5, 0.6) is 0 Å². The van der Waals surface area contributed by atoms with Gasteiger partial charge in [-0.05, 0) is 25.3 Å². The van der Waals surface area contributed by atoms with Crippen LogP contribution < -0.4 is 10.2 Å². The molecule has 1 aromatic rings. The molecule has 3 nitrogen and oxygen atoms in total. The monoisotopic (exact) mass is 251 g/mol. The molecule has 1 heterocycles. The zero-order valence-electron chi connectivity index (χ0n) is 11.2. The van der Waals surface area contributed by atoms with Crippen LogP contribution in [0.25, 0.3) is 0 Å². The molecule has 0 aromatic carbocycles. The molecule has 0 saturated heterocycles. The maximum Gasteiger partial charge on any atom is 0.170 e. The first-order valence-corrected chi connectivity index (χ1v) is 6.80. The lowest BCUT2D eigenvalue weighted by molar-refractivity contribution is 0.576. The fourth-order valence-corrected chi connectivity index (χ4v) is 1.92. The van der Waals surface area contributed by atoms with Gasteiger partial charge in [-0.2, -0.15) is 0 Å². The van der Waals surface area contributed by atoms with Gasteiger partial charge in [-0.3, -0.25) is 0 Å². The van der Waals surface area contributed by atoms with Crippen molar-refractivity contribution in [2.45, 2.75) is 45.2 Å². The Morgan fingerprint density at radius 1 is 1.50 bits per heavy atom. The zero-order chi connectivity index (χ0) is 13.0. The molecule has 100 valence electrons. The van der Waals surface area contributed by atoms with Gasteiger partial charge in [0.25, 0.3) is 0 Å². The molecule has 0 atom stereocenters. The van der Waals surface area contributed by atoms with Gasteiger partial charge >= 0.3 is 0 Å². The van der Waals surface area contributed by atoms with E-state index in [9.17, 15) is 4.39 Å². The summed E-state index contributed by atoms with van der Waals surface area (Å²) in [5.41, 5.74) is 0.718. The molecular weight excluding hydrogens is 229 g/mol. The van der Waals surface area contributed by atoms with E-state index in [1.807, 2.05) is 11.9 Å². The van der Waals surface area contributed by atoms with Crippen molar-refractivity contribution in [2.75, 3.05) is 18.5 Å². The average molecular weight is 251 g/mol. The summed E-state index contributed by atoms with van der Waals surface area (Å²) in [5, 5.41) is 3.34. The number of hydrogen-bond acceptors (Lipinski definition) is 3. The third kappa shape index (κ3) is 3.42. The van der Waals surface area contributed by atoms with E-state index in [-0.39, 0.29) is 5.82 Å². The number of nitrogens with zero attached hydrogens (tertiary/aromatic N) is 2. The van der Waals surface area contributed by atoms with Crippen molar-refractivity contribution >= 4 is 5.82 Å². The van der Waals surface area contributed by atoms with E-state index < -0.39 is 0 Å². The number of halogens is 1. The highest BCUT2D eigenvalue weighted by Crippen LogP contribution is 2.22. The van der Waals surface area contributed by atoms with Crippen LogP contribution in [0.1, 0.15) is 38.2 Å². The number of aromatic nitrogens is 1. The Labute approximate surface area is 108 Å². The minimum absolute atomic E-state index is 0.177. The number of hydrogen-bond donors (Lipinski definition) is 1. The predicted octanol–water partition coefficient (Wildman–Crippen LogP) is 2.71. The average Bonchev–Trinajstić information content (AvgIpc) is 3.19. The van der Waals surface area contributed by atoms with E-state index in [2.05, 4.69) is 17.2 Å². The van der Waals surface area contributed by atoms with Crippen LogP contribution in [-0.4, -0.2) is 24.6 Å². The van der Waals surface area contributed by atoms with Crippen LogP contribution in [0.4, 0.5) is 10.2 Å². The van der Waals surface area contributed by atoms with E-state index in [1.54, 1.807) is 12.3 Å². The first-order chi connectivity index (χ1) is 8.72. The largest absolute Gasteiger partial charge is 0.357 e. The molecule has 1 fully saturated rings. The maximum absolute atomic E-state index is 14.3. The van der Waals surface area contributed by atoms with Crippen LogP contribution in [0.15, 0.2) is 12.3 Å². The van der Waals surface area contributed by atoms with E-state index in [0.717, 1.165) is 24.9 Å². The lowest BCUT2D eigenvalue weighted by atomic mass is 10.2. The summed E-state index contributed by atoms with van der Waals surface area (Å²) in [6, 6.07) is 2.36. The second-order valence-electron chi connectivity index (χ2n) is 5.04. The molecule has 0 amide bonds. The molecule has 1 aliphatic carbocycles. The predicted molar refractivity (Wildman–Crippen MR) is 72.2 cm³/mol. The maximum atomic E-state index is 14.3. The quantitative estimate of drug-likeness (QED) is 0.807. The molecule has 1 aromatic heterocycles. The van der Waals surface area contributed by atoms with E-state index in [0.29, 0.717) is 18.4 Å². The summed E-state index contributed by atoms with van der Waals surface area (Å²) in [4.78, 5) is 6.06. The topological polar surface area (TPSA) is 28.2 Å². The van der Waals surface area contributed by atoms with Crippen molar-refractivity contribution in [1.82, 2.24) is 10.3 Å². The van der Waals surface area contributed by atoms with Gasteiger partial charge in [0.05, 0.1) is 0 Å². The van der Waals surface area contributed by atoms with Crippen molar-refractivity contribution in [1.29, 1.82) is 0 Å². The lowest BCUT2D eigenvalue weighted by Crippen LogP contribution is -2.23. The third-order valence-electron chi connectivity index (χ3n) is 3.32. The van der Waals surface area contributed by atoms with Crippen molar-refractivity contribution in [3.63, 3.8) is 0 Å². The first-order valence-electron chi connectivity index (χ1n) is 6.80. The molecule has 0 unspecified atom stereocenters. The summed E-state index contributed by atoms with van der Waals surface area (Å²) in [5.74, 6) is 0.294. The first kappa shape index (κ1) is 13.3. The van der Waals surface area contributed by atoms with Crippen molar-refractivity contribution in [3.05, 3.63) is 23.6 Å². The molecule has 1 aliphatic rings. The van der Waals surface area contributed by atoms with Crippen LogP contribution in [0, 0.1) is 5.82 Å². The normalized spacial score (nSPS) is 14.8. The summed E-state index contributed by atoms with van der Waals surface area (Å²) >= 11 is 0. The molecule has 18 heavy (non-hydrogen) atoms. The van der Waals surface area contributed by atoms with Gasteiger partial charge in [-0.25, -0.2) is 9.37 Å². The van der Waals surface area contributed by atoms with Crippen molar-refractivity contribution in [3.8, 4) is 0 Å². The highest BCUT2D eigenvalue weighted by molar-refractivity contribution is 5.42. The van der Waals surface area contributed by atoms with Gasteiger partial charge in [-0.1, -0.05) is 13.3 Å². The SMILES string of the molecule is CCCCN(C)c1nccc(CNC2CC2)c1F. The molecule has 0 spiro atoms. The number of unbranched alkanes of at least 4 members (excludes halogenated alkanes) is 1. The van der Waals surface area contributed by atoms with Crippen molar-refractivity contribution < 1.29 is 4.39 Å². The summed E-state index contributed by atoms with van der Waals surface area (Å²) in [6.07, 6.45) is 6.30. The van der Waals surface area contributed by atoms with Gasteiger partial charge in [-0.15, -0.1) is 0 Å². The van der Waals surface area contributed by atoms with E-state index in [4.69, 9.17) is 0 Å². The van der Waals surface area contributed by atoms with E-state index in [1.165, 1.54) is 12.8 Å². The van der Waals surface area contributed by atoms with Crippen LogP contribution >= 0.6 is 0 Å². The highest BCUT2D eigenvalue weighted by atomic mass is 19.1. The smallest absolute Gasteiger partial charge is 0.170 e. The molecule has 4 heteroatoms. The molecule has 0 aliphatic heterocycles. The zero-order valence-corrected chi connectivity index (χ0v) is 11.2. The van der Waals surface area contributed by atoms with Gasteiger partial charge in [0.15, 0.2) is 11.6 Å². The number of anilines is 1. The molecule has 1 saturated carbocycles. The highest BCUT2D eigenvalue weighted by Gasteiger charge is 2.21. The summed E-state index contributed by atoms with van der Waals surface area (Å²) in [7, 11) is 1.90. The van der Waals surface area contributed by atoms with Gasteiger partial charge in [0, 0.05) is 37.9 Å². The second kappa shape index (κ2) is 6.14. The van der Waals surface area contributed by atoms with Crippen LogP contribution in [-0.2, 0) is 6.54 Å². The number of nitrogens with one attached hydrogen (secondary N) is 1. The third-order valence-corrected chi connectivity index (χ3v) is 3.32. The minimum atomic E-state index is -0.177. The molecule has 1 N–H and O–H groups in total. The Kier molecular flexibility index (Phi) is 4.53. The molecule has 2 rings (SSSR count). The molecular formula is C14H22FN3. The van der Waals surface area contributed by atoms with Crippen LogP contribution in [0.2, 0.25) is 0 Å². The van der Waals surface area contributed by atoms with Gasteiger partial charge < -0.3 is 10.2 Å². The van der Waals surface area contributed by atoms with E-state index >= 15 is 0 Å². The number of pyridine rings is 1. The Balaban J connectivity index is 2.02. The van der Waals surface area contributed by atoms with Crippen LogP contribution in [0.3, 0.4) is 0 Å². The van der Waals surface area contributed by atoms with Gasteiger partial charge in [0.2, 0.25) is 0 Å². The number of rotatable bonds is 7. The minimum Gasteiger partial charge on any atom is -0.357 e. The Hall–Kier alpha value is -1.16. The molecule has 0 bridgehead atoms. The Morgan fingerprint density at radius 2 is 2.28 bits per heavy atom. The Morgan fingerprint density at radius 3 is 2.94 bits per heavy atom. The van der Waals surface area contributed by atoms with Gasteiger partial charge in [0.1, 0.15) is 0 Å². The fourth-order valence-electron chi connectivity index (χ4n) is 1.92. The molecule has 0 radical (unpaired) electrons.